The molecule has 0 radical (unpaired) electrons. The van der Waals surface area contributed by atoms with Crippen LogP contribution in [-0.2, 0) is 17.5 Å². The molecule has 1 fully saturated rings. The van der Waals surface area contributed by atoms with Crippen molar-refractivity contribution >= 4 is 46.2 Å². The molecular weight excluding hydrogens is 444 g/mol. The Balaban J connectivity index is 1.84. The molecule has 2 aromatic rings. The highest BCUT2D eigenvalue weighted by atomic mass is 35.5. The number of alkyl halides is 3. The summed E-state index contributed by atoms with van der Waals surface area (Å²) in [6.07, 6.45) is -2.79. The number of nitrogens with one attached hydrogen (secondary N) is 1. The van der Waals surface area contributed by atoms with E-state index in [0.717, 1.165) is 24.5 Å². The zero-order valence-corrected chi connectivity index (χ0v) is 17.6. The number of ether oxygens (including phenoxy) is 1. The summed E-state index contributed by atoms with van der Waals surface area (Å²) in [6, 6.07) is 10.8. The van der Waals surface area contributed by atoms with E-state index in [1.807, 2.05) is 18.2 Å². The molecule has 29 heavy (non-hydrogen) atoms. The van der Waals surface area contributed by atoms with Crippen LogP contribution in [0.15, 0.2) is 42.5 Å². The predicted molar refractivity (Wildman–Crippen MR) is 114 cm³/mol. The number of thiocarbonyl (C=S) groups is 1. The molecule has 0 bridgehead atoms. The Morgan fingerprint density at radius 3 is 2.62 bits per heavy atom. The van der Waals surface area contributed by atoms with Gasteiger partial charge >= 0.3 is 6.18 Å². The Kier molecular flexibility index (Phi) is 7.27. The van der Waals surface area contributed by atoms with Gasteiger partial charge in [-0.25, -0.2) is 0 Å². The van der Waals surface area contributed by atoms with Crippen molar-refractivity contribution in [3.63, 3.8) is 0 Å². The molecule has 1 heterocycles. The summed E-state index contributed by atoms with van der Waals surface area (Å²) in [5.41, 5.74) is -0.200. The Hall–Kier alpha value is -1.54. The summed E-state index contributed by atoms with van der Waals surface area (Å²) < 4.78 is 45.9. The molecule has 1 saturated heterocycles. The number of benzene rings is 2. The van der Waals surface area contributed by atoms with E-state index in [1.54, 1.807) is 11.0 Å². The topological polar surface area (TPSA) is 24.5 Å². The molecule has 9 heteroatoms. The average Bonchev–Trinajstić information content (AvgIpc) is 3.16. The average molecular weight is 463 g/mol. The lowest BCUT2D eigenvalue weighted by Crippen LogP contribution is -2.39. The second-order valence-corrected chi connectivity index (χ2v) is 7.96. The van der Waals surface area contributed by atoms with Crippen molar-refractivity contribution in [3.05, 3.63) is 63.6 Å². The summed E-state index contributed by atoms with van der Waals surface area (Å²) in [7, 11) is 0. The molecule has 0 spiro atoms. The first-order chi connectivity index (χ1) is 13.7. The smallest absolute Gasteiger partial charge is 0.376 e. The highest BCUT2D eigenvalue weighted by Crippen LogP contribution is 2.36. The highest BCUT2D eigenvalue weighted by molar-refractivity contribution is 7.80. The molecule has 1 aliphatic rings. The van der Waals surface area contributed by atoms with E-state index in [-0.39, 0.29) is 21.9 Å². The summed E-state index contributed by atoms with van der Waals surface area (Å²) in [6.45, 7) is 1.46. The van der Waals surface area contributed by atoms with Gasteiger partial charge in [0, 0.05) is 29.7 Å². The van der Waals surface area contributed by atoms with E-state index < -0.39 is 11.7 Å². The first-order valence-electron chi connectivity index (χ1n) is 9.01. The maximum Gasteiger partial charge on any atom is 0.418 e. The molecule has 0 amide bonds. The van der Waals surface area contributed by atoms with E-state index in [2.05, 4.69) is 5.32 Å². The van der Waals surface area contributed by atoms with Crippen LogP contribution in [0.25, 0.3) is 0 Å². The number of anilines is 1. The van der Waals surface area contributed by atoms with E-state index in [1.165, 1.54) is 12.1 Å². The van der Waals surface area contributed by atoms with Crippen molar-refractivity contribution in [3.8, 4) is 0 Å². The molecule has 2 aromatic carbocycles. The zero-order chi connectivity index (χ0) is 21.0. The quantitative estimate of drug-likeness (QED) is 0.520. The monoisotopic (exact) mass is 462 g/mol. The number of rotatable bonds is 5. The van der Waals surface area contributed by atoms with Crippen molar-refractivity contribution in [2.45, 2.75) is 31.7 Å². The molecule has 0 saturated carbocycles. The van der Waals surface area contributed by atoms with Gasteiger partial charge in [-0.15, -0.1) is 0 Å². The molecule has 1 aliphatic heterocycles. The van der Waals surface area contributed by atoms with E-state index in [4.69, 9.17) is 40.2 Å². The molecule has 0 unspecified atom stereocenters. The molecular formula is C20H19Cl2F3N2OS. The fraction of sp³-hybridized carbons (Fsp3) is 0.350. The molecule has 0 aromatic heterocycles. The van der Waals surface area contributed by atoms with Crippen LogP contribution in [0.4, 0.5) is 18.9 Å². The summed E-state index contributed by atoms with van der Waals surface area (Å²) in [4.78, 5) is 1.78. The van der Waals surface area contributed by atoms with Crippen molar-refractivity contribution in [2.75, 3.05) is 18.5 Å². The van der Waals surface area contributed by atoms with Crippen LogP contribution in [0.5, 0.6) is 0 Å². The Labute approximate surface area is 182 Å². The van der Waals surface area contributed by atoms with E-state index in [9.17, 15) is 13.2 Å². The van der Waals surface area contributed by atoms with Gasteiger partial charge in [-0.1, -0.05) is 41.4 Å². The third kappa shape index (κ3) is 5.98. The summed E-state index contributed by atoms with van der Waals surface area (Å²) >= 11 is 17.5. The minimum atomic E-state index is -4.56. The number of hydrogen-bond acceptors (Lipinski definition) is 2. The molecule has 1 atom stereocenters. The van der Waals surface area contributed by atoms with Crippen LogP contribution in [0.3, 0.4) is 0 Å². The molecule has 156 valence electrons. The van der Waals surface area contributed by atoms with Gasteiger partial charge in [-0.3, -0.25) is 0 Å². The predicted octanol–water partition coefficient (Wildman–Crippen LogP) is 6.39. The van der Waals surface area contributed by atoms with Gasteiger partial charge in [-0.05, 0) is 54.9 Å². The minimum absolute atomic E-state index is 0.000993. The highest BCUT2D eigenvalue weighted by Gasteiger charge is 2.34. The molecule has 3 nitrogen and oxygen atoms in total. The molecule has 3 rings (SSSR count). The first-order valence-corrected chi connectivity index (χ1v) is 10.2. The van der Waals surface area contributed by atoms with Gasteiger partial charge in [0.25, 0.3) is 0 Å². The Bertz CT molecular complexity index is 873. The second-order valence-electron chi connectivity index (χ2n) is 6.72. The minimum Gasteiger partial charge on any atom is -0.376 e. The molecule has 0 aliphatic carbocycles. The van der Waals surface area contributed by atoms with Gasteiger partial charge in [0.05, 0.1) is 17.4 Å². The third-order valence-electron chi connectivity index (χ3n) is 4.58. The summed E-state index contributed by atoms with van der Waals surface area (Å²) in [5, 5.41) is 3.46. The third-order valence-corrected chi connectivity index (χ3v) is 5.55. The van der Waals surface area contributed by atoms with Crippen LogP contribution < -0.4 is 5.32 Å². The fourth-order valence-electron chi connectivity index (χ4n) is 3.14. The Morgan fingerprint density at radius 2 is 1.97 bits per heavy atom. The van der Waals surface area contributed by atoms with Gasteiger partial charge < -0.3 is 15.0 Å². The first kappa shape index (κ1) is 22.2. The molecule has 1 N–H and O–H groups in total. The maximum atomic E-state index is 13.4. The van der Waals surface area contributed by atoms with Gasteiger partial charge in [0.2, 0.25) is 0 Å². The van der Waals surface area contributed by atoms with Crippen LogP contribution in [0.1, 0.15) is 24.0 Å². The van der Waals surface area contributed by atoms with Crippen molar-refractivity contribution in [1.29, 1.82) is 0 Å². The van der Waals surface area contributed by atoms with Crippen molar-refractivity contribution < 1.29 is 17.9 Å². The van der Waals surface area contributed by atoms with Crippen molar-refractivity contribution in [2.24, 2.45) is 0 Å². The largest absolute Gasteiger partial charge is 0.418 e. The lowest BCUT2D eigenvalue weighted by Gasteiger charge is -2.29. The normalized spacial score (nSPS) is 16.7. The second kappa shape index (κ2) is 9.51. The Morgan fingerprint density at radius 1 is 1.21 bits per heavy atom. The van der Waals surface area contributed by atoms with E-state index in [0.29, 0.717) is 24.7 Å². The number of nitrogens with zero attached hydrogens (tertiary/aromatic N) is 1. The standard InChI is InChI=1S/C20H19Cl2F3N2OS/c21-14-7-8-18(16(10-14)20(23,24)25)26-19(29)27(12-15-5-3-9-28-15)11-13-4-1-2-6-17(13)22/h1-2,4,6-8,10,15H,3,5,9,11-12H2,(H,26,29)/t15-/m1/s1. The van der Waals surface area contributed by atoms with Crippen LogP contribution in [0, 0.1) is 0 Å². The summed E-state index contributed by atoms with van der Waals surface area (Å²) in [5.74, 6) is 0. The van der Waals surface area contributed by atoms with Crippen LogP contribution in [0.2, 0.25) is 10.0 Å². The van der Waals surface area contributed by atoms with Gasteiger partial charge in [-0.2, -0.15) is 13.2 Å². The van der Waals surface area contributed by atoms with Crippen molar-refractivity contribution in [1.82, 2.24) is 4.90 Å². The van der Waals surface area contributed by atoms with Gasteiger partial charge in [0.1, 0.15) is 0 Å². The van der Waals surface area contributed by atoms with E-state index >= 15 is 0 Å². The lowest BCUT2D eigenvalue weighted by atomic mass is 10.1. The van der Waals surface area contributed by atoms with Crippen LogP contribution >= 0.6 is 35.4 Å². The maximum absolute atomic E-state index is 13.4. The number of hydrogen-bond donors (Lipinski definition) is 1. The lowest BCUT2D eigenvalue weighted by molar-refractivity contribution is -0.136. The zero-order valence-electron chi connectivity index (χ0n) is 15.3. The van der Waals surface area contributed by atoms with Crippen LogP contribution in [-0.4, -0.2) is 29.3 Å². The number of halogens is 5. The van der Waals surface area contributed by atoms with Gasteiger partial charge in [0.15, 0.2) is 5.11 Å². The SMILES string of the molecule is FC(F)(F)c1cc(Cl)ccc1NC(=S)N(Cc1ccccc1Cl)C[C@H]1CCCO1. The fourth-order valence-corrected chi connectivity index (χ4v) is 3.76.